The van der Waals surface area contributed by atoms with E-state index >= 15 is 0 Å². The minimum absolute atomic E-state index is 0.459. The van der Waals surface area contributed by atoms with Crippen LogP contribution in [0.25, 0.3) is 0 Å². The molecule has 0 radical (unpaired) electrons. The normalized spacial score (nSPS) is 11.1. The van der Waals surface area contributed by atoms with Crippen LogP contribution in [0.4, 0.5) is 0 Å². The molecule has 0 bridgehead atoms. The zero-order chi connectivity index (χ0) is 13.0. The van der Waals surface area contributed by atoms with Gasteiger partial charge in [-0.1, -0.05) is 29.8 Å². The Labute approximate surface area is 108 Å². The van der Waals surface area contributed by atoms with Crippen molar-refractivity contribution in [3.63, 3.8) is 0 Å². The van der Waals surface area contributed by atoms with Gasteiger partial charge in [0.1, 0.15) is 5.76 Å². The fourth-order valence-corrected chi connectivity index (χ4v) is 2.16. The maximum atomic E-state index is 5.63. The van der Waals surface area contributed by atoms with E-state index in [-0.39, 0.29) is 0 Å². The Kier molecular flexibility index (Phi) is 4.18. The SMILES string of the molecule is Cc1cccc(CN(C)Cc2ccoc2CN)c1. The number of nitrogens with zero attached hydrogens (tertiary/aromatic N) is 1. The summed E-state index contributed by atoms with van der Waals surface area (Å²) in [6.07, 6.45) is 1.71. The Balaban J connectivity index is 1.98. The van der Waals surface area contributed by atoms with Gasteiger partial charge in [-0.3, -0.25) is 4.90 Å². The van der Waals surface area contributed by atoms with Crippen molar-refractivity contribution >= 4 is 0 Å². The van der Waals surface area contributed by atoms with Crippen molar-refractivity contribution in [1.29, 1.82) is 0 Å². The van der Waals surface area contributed by atoms with Crippen LogP contribution in [0, 0.1) is 6.92 Å². The average Bonchev–Trinajstić information content (AvgIpc) is 2.76. The summed E-state index contributed by atoms with van der Waals surface area (Å²) in [4.78, 5) is 2.26. The molecule has 1 heterocycles. The number of hydrogen-bond donors (Lipinski definition) is 1. The smallest absolute Gasteiger partial charge is 0.121 e. The number of nitrogens with two attached hydrogens (primary N) is 1. The maximum absolute atomic E-state index is 5.63. The summed E-state index contributed by atoms with van der Waals surface area (Å²) in [5.41, 5.74) is 9.43. The molecule has 0 saturated carbocycles. The van der Waals surface area contributed by atoms with Crippen LogP contribution in [0.5, 0.6) is 0 Å². The highest BCUT2D eigenvalue weighted by atomic mass is 16.3. The molecule has 96 valence electrons. The minimum Gasteiger partial charge on any atom is -0.468 e. The molecule has 2 N–H and O–H groups in total. The highest BCUT2D eigenvalue weighted by Gasteiger charge is 2.08. The van der Waals surface area contributed by atoms with Crippen molar-refractivity contribution in [2.24, 2.45) is 5.73 Å². The van der Waals surface area contributed by atoms with E-state index in [1.165, 1.54) is 16.7 Å². The monoisotopic (exact) mass is 244 g/mol. The van der Waals surface area contributed by atoms with E-state index in [2.05, 4.69) is 43.1 Å². The summed E-state index contributed by atoms with van der Waals surface area (Å²) in [5, 5.41) is 0. The van der Waals surface area contributed by atoms with Crippen LogP contribution >= 0.6 is 0 Å². The fraction of sp³-hybridized carbons (Fsp3) is 0.333. The van der Waals surface area contributed by atoms with E-state index in [0.717, 1.165) is 18.8 Å². The lowest BCUT2D eigenvalue weighted by atomic mass is 10.1. The molecule has 2 rings (SSSR count). The van der Waals surface area contributed by atoms with Gasteiger partial charge < -0.3 is 10.2 Å². The Morgan fingerprint density at radius 2 is 2.06 bits per heavy atom. The van der Waals surface area contributed by atoms with Crippen molar-refractivity contribution in [3.8, 4) is 0 Å². The lowest BCUT2D eigenvalue weighted by Crippen LogP contribution is -2.18. The first-order chi connectivity index (χ1) is 8.69. The van der Waals surface area contributed by atoms with Gasteiger partial charge in [0, 0.05) is 18.7 Å². The van der Waals surface area contributed by atoms with Crippen LogP contribution < -0.4 is 5.73 Å². The first-order valence-corrected chi connectivity index (χ1v) is 6.18. The highest BCUT2D eigenvalue weighted by molar-refractivity contribution is 5.22. The van der Waals surface area contributed by atoms with Crippen molar-refractivity contribution in [1.82, 2.24) is 4.90 Å². The Morgan fingerprint density at radius 1 is 1.22 bits per heavy atom. The first-order valence-electron chi connectivity index (χ1n) is 6.18. The molecule has 0 amide bonds. The quantitative estimate of drug-likeness (QED) is 0.879. The van der Waals surface area contributed by atoms with Crippen LogP contribution in [-0.2, 0) is 19.6 Å². The van der Waals surface area contributed by atoms with Crippen LogP contribution in [0.1, 0.15) is 22.5 Å². The molecular weight excluding hydrogens is 224 g/mol. The molecule has 1 aromatic heterocycles. The average molecular weight is 244 g/mol. The van der Waals surface area contributed by atoms with E-state index in [9.17, 15) is 0 Å². The second kappa shape index (κ2) is 5.85. The van der Waals surface area contributed by atoms with Crippen molar-refractivity contribution in [3.05, 3.63) is 59.0 Å². The lowest BCUT2D eigenvalue weighted by molar-refractivity contribution is 0.315. The second-order valence-electron chi connectivity index (χ2n) is 4.73. The molecule has 1 aromatic carbocycles. The summed E-state index contributed by atoms with van der Waals surface area (Å²) in [6, 6.07) is 10.6. The van der Waals surface area contributed by atoms with Gasteiger partial charge in [0.05, 0.1) is 12.8 Å². The van der Waals surface area contributed by atoms with Crippen LogP contribution in [-0.4, -0.2) is 11.9 Å². The molecule has 0 unspecified atom stereocenters. The number of hydrogen-bond acceptors (Lipinski definition) is 3. The third-order valence-electron chi connectivity index (χ3n) is 3.00. The van der Waals surface area contributed by atoms with E-state index in [1.807, 2.05) is 6.07 Å². The Bertz CT molecular complexity index is 505. The van der Waals surface area contributed by atoms with Gasteiger partial charge in [0.25, 0.3) is 0 Å². The summed E-state index contributed by atoms with van der Waals surface area (Å²) >= 11 is 0. The van der Waals surface area contributed by atoms with Gasteiger partial charge in [-0.05, 0) is 25.6 Å². The number of furan rings is 1. The number of benzene rings is 1. The molecular formula is C15H20N2O. The molecule has 0 aliphatic rings. The van der Waals surface area contributed by atoms with E-state index in [4.69, 9.17) is 10.2 Å². The Hall–Kier alpha value is -1.58. The third-order valence-corrected chi connectivity index (χ3v) is 3.00. The van der Waals surface area contributed by atoms with Crippen molar-refractivity contribution < 1.29 is 4.42 Å². The summed E-state index contributed by atoms with van der Waals surface area (Å²) in [7, 11) is 2.11. The standard InChI is InChI=1S/C15H20N2O/c1-12-4-3-5-13(8-12)10-17(2)11-14-6-7-18-15(14)9-16/h3-8H,9-11,16H2,1-2H3. The van der Waals surface area contributed by atoms with Gasteiger partial charge >= 0.3 is 0 Å². The second-order valence-corrected chi connectivity index (χ2v) is 4.73. The fourth-order valence-electron chi connectivity index (χ4n) is 2.16. The van der Waals surface area contributed by atoms with Gasteiger partial charge in [-0.2, -0.15) is 0 Å². The van der Waals surface area contributed by atoms with Crippen LogP contribution in [0.15, 0.2) is 41.0 Å². The topological polar surface area (TPSA) is 42.4 Å². The van der Waals surface area contributed by atoms with Crippen molar-refractivity contribution in [2.45, 2.75) is 26.6 Å². The number of aryl methyl sites for hydroxylation is 1. The molecule has 3 heteroatoms. The van der Waals surface area contributed by atoms with Crippen LogP contribution in [0.2, 0.25) is 0 Å². The largest absolute Gasteiger partial charge is 0.468 e. The molecule has 0 saturated heterocycles. The third kappa shape index (κ3) is 3.22. The summed E-state index contributed by atoms with van der Waals surface area (Å²) in [6.45, 7) is 4.36. The molecule has 0 fully saturated rings. The molecule has 3 nitrogen and oxygen atoms in total. The molecule has 18 heavy (non-hydrogen) atoms. The zero-order valence-electron chi connectivity index (χ0n) is 11.0. The van der Waals surface area contributed by atoms with E-state index in [0.29, 0.717) is 6.54 Å². The first kappa shape index (κ1) is 12.9. The van der Waals surface area contributed by atoms with E-state index in [1.54, 1.807) is 6.26 Å². The Morgan fingerprint density at radius 3 is 2.78 bits per heavy atom. The minimum atomic E-state index is 0.459. The molecule has 0 atom stereocenters. The zero-order valence-corrected chi connectivity index (χ0v) is 11.0. The molecule has 0 spiro atoms. The predicted molar refractivity (Wildman–Crippen MR) is 72.9 cm³/mol. The maximum Gasteiger partial charge on any atom is 0.121 e. The van der Waals surface area contributed by atoms with Crippen LogP contribution in [0.3, 0.4) is 0 Å². The molecule has 0 aliphatic heterocycles. The molecule has 0 aliphatic carbocycles. The van der Waals surface area contributed by atoms with Gasteiger partial charge in [-0.15, -0.1) is 0 Å². The number of rotatable bonds is 5. The van der Waals surface area contributed by atoms with Crippen molar-refractivity contribution in [2.75, 3.05) is 7.05 Å². The van der Waals surface area contributed by atoms with E-state index < -0.39 is 0 Å². The lowest BCUT2D eigenvalue weighted by Gasteiger charge is -2.16. The van der Waals surface area contributed by atoms with Gasteiger partial charge in [0.15, 0.2) is 0 Å². The highest BCUT2D eigenvalue weighted by Crippen LogP contribution is 2.14. The van der Waals surface area contributed by atoms with Gasteiger partial charge in [0.2, 0.25) is 0 Å². The summed E-state index contributed by atoms with van der Waals surface area (Å²) < 4.78 is 5.33. The van der Waals surface area contributed by atoms with Gasteiger partial charge in [-0.25, -0.2) is 0 Å². The summed E-state index contributed by atoms with van der Waals surface area (Å²) in [5.74, 6) is 0.881. The predicted octanol–water partition coefficient (Wildman–Crippen LogP) is 2.68. The molecule has 2 aromatic rings.